The quantitative estimate of drug-likeness (QED) is 0.623. The first-order chi connectivity index (χ1) is 6.67. The summed E-state index contributed by atoms with van der Waals surface area (Å²) in [6.07, 6.45) is 3.66. The molecule has 1 spiro atoms. The largest absolute Gasteiger partial charge is 0.469 e. The van der Waals surface area contributed by atoms with Gasteiger partial charge in [0.1, 0.15) is 0 Å². The van der Waals surface area contributed by atoms with Crippen molar-refractivity contribution in [3.8, 4) is 0 Å². The van der Waals surface area contributed by atoms with E-state index in [1.807, 2.05) is 0 Å². The van der Waals surface area contributed by atoms with Crippen molar-refractivity contribution < 1.29 is 14.3 Å². The molecule has 1 heterocycles. The number of esters is 1. The number of rotatable bonds is 1. The number of carbonyl (C=O) groups is 1. The van der Waals surface area contributed by atoms with Crippen LogP contribution < -0.4 is 5.73 Å². The maximum Gasteiger partial charge on any atom is 0.310 e. The van der Waals surface area contributed by atoms with Crippen LogP contribution in [0.4, 0.5) is 0 Å². The van der Waals surface area contributed by atoms with Gasteiger partial charge in [-0.1, -0.05) is 0 Å². The van der Waals surface area contributed by atoms with E-state index in [0.717, 1.165) is 32.3 Å². The zero-order valence-corrected chi connectivity index (χ0v) is 8.49. The summed E-state index contributed by atoms with van der Waals surface area (Å²) in [7, 11) is 1.41. The van der Waals surface area contributed by atoms with Crippen LogP contribution in [0.5, 0.6) is 0 Å². The topological polar surface area (TPSA) is 61.5 Å². The van der Waals surface area contributed by atoms with Crippen molar-refractivity contribution in [3.63, 3.8) is 0 Å². The number of carbonyl (C=O) groups excluding carboxylic acids is 1. The summed E-state index contributed by atoms with van der Waals surface area (Å²) < 4.78 is 10.4. The van der Waals surface area contributed by atoms with Gasteiger partial charge in [-0.25, -0.2) is 0 Å². The lowest BCUT2D eigenvalue weighted by atomic mass is 9.97. The van der Waals surface area contributed by atoms with Gasteiger partial charge in [0.2, 0.25) is 0 Å². The molecule has 4 heteroatoms. The first-order valence-corrected chi connectivity index (χ1v) is 5.14. The van der Waals surface area contributed by atoms with E-state index in [4.69, 9.17) is 15.2 Å². The van der Waals surface area contributed by atoms with Gasteiger partial charge >= 0.3 is 5.97 Å². The highest BCUT2D eigenvalue weighted by Gasteiger charge is 2.49. The Kier molecular flexibility index (Phi) is 2.49. The molecule has 0 aromatic carbocycles. The smallest absolute Gasteiger partial charge is 0.310 e. The van der Waals surface area contributed by atoms with Gasteiger partial charge in [0.15, 0.2) is 0 Å². The SMILES string of the molecule is COC(=O)C1CC2(CCCO2)CC1N. The molecule has 4 nitrogen and oxygen atoms in total. The number of hydrogen-bond acceptors (Lipinski definition) is 4. The van der Waals surface area contributed by atoms with Crippen molar-refractivity contribution in [1.82, 2.24) is 0 Å². The molecule has 14 heavy (non-hydrogen) atoms. The zero-order chi connectivity index (χ0) is 10.2. The van der Waals surface area contributed by atoms with E-state index in [0.29, 0.717) is 0 Å². The van der Waals surface area contributed by atoms with Crippen LogP contribution in [0.1, 0.15) is 25.7 Å². The van der Waals surface area contributed by atoms with Crippen LogP contribution in [0.3, 0.4) is 0 Å². The van der Waals surface area contributed by atoms with E-state index in [-0.39, 0.29) is 23.5 Å². The van der Waals surface area contributed by atoms with Crippen molar-refractivity contribution in [1.29, 1.82) is 0 Å². The van der Waals surface area contributed by atoms with E-state index in [9.17, 15) is 4.79 Å². The highest BCUT2D eigenvalue weighted by molar-refractivity contribution is 5.73. The first kappa shape index (κ1) is 9.93. The average molecular weight is 199 g/mol. The van der Waals surface area contributed by atoms with Crippen molar-refractivity contribution in [2.75, 3.05) is 13.7 Å². The van der Waals surface area contributed by atoms with Crippen molar-refractivity contribution in [2.24, 2.45) is 11.7 Å². The lowest BCUT2D eigenvalue weighted by Crippen LogP contribution is -2.31. The molecule has 1 saturated heterocycles. The Labute approximate surface area is 83.7 Å². The molecule has 0 radical (unpaired) electrons. The molecule has 0 aromatic rings. The van der Waals surface area contributed by atoms with Gasteiger partial charge in [-0.15, -0.1) is 0 Å². The van der Waals surface area contributed by atoms with Gasteiger partial charge in [0.05, 0.1) is 18.6 Å². The maximum absolute atomic E-state index is 11.4. The van der Waals surface area contributed by atoms with Crippen molar-refractivity contribution in [3.05, 3.63) is 0 Å². The van der Waals surface area contributed by atoms with Crippen LogP contribution in [0.2, 0.25) is 0 Å². The predicted molar refractivity (Wildman–Crippen MR) is 50.6 cm³/mol. The molecule has 80 valence electrons. The Balaban J connectivity index is 2.06. The lowest BCUT2D eigenvalue weighted by molar-refractivity contribution is -0.146. The monoisotopic (exact) mass is 199 g/mol. The number of methoxy groups -OCH3 is 1. The molecule has 1 saturated carbocycles. The third-order valence-corrected chi connectivity index (χ3v) is 3.41. The van der Waals surface area contributed by atoms with Crippen molar-refractivity contribution >= 4 is 5.97 Å². The highest BCUT2D eigenvalue weighted by atomic mass is 16.5. The molecular weight excluding hydrogens is 182 g/mol. The summed E-state index contributed by atoms with van der Waals surface area (Å²) in [4.78, 5) is 11.4. The predicted octanol–water partition coefficient (Wildman–Crippen LogP) is 0.446. The van der Waals surface area contributed by atoms with Gasteiger partial charge in [-0.05, 0) is 25.7 Å². The Hall–Kier alpha value is -0.610. The van der Waals surface area contributed by atoms with Crippen molar-refractivity contribution in [2.45, 2.75) is 37.3 Å². The molecule has 2 rings (SSSR count). The molecule has 2 aliphatic rings. The molecule has 0 bridgehead atoms. The lowest BCUT2D eigenvalue weighted by Gasteiger charge is -2.21. The summed E-state index contributed by atoms with van der Waals surface area (Å²) in [6, 6.07) is -0.0967. The fourth-order valence-electron chi connectivity index (χ4n) is 2.69. The molecule has 3 atom stereocenters. The molecule has 1 aliphatic heterocycles. The number of ether oxygens (including phenoxy) is 2. The van der Waals surface area contributed by atoms with Gasteiger partial charge in [0.25, 0.3) is 0 Å². The Bertz CT molecular complexity index is 236. The van der Waals surface area contributed by atoms with Gasteiger partial charge in [-0.3, -0.25) is 4.79 Å². The molecule has 0 aromatic heterocycles. The second-order valence-electron chi connectivity index (χ2n) is 4.34. The minimum Gasteiger partial charge on any atom is -0.469 e. The fraction of sp³-hybridized carbons (Fsp3) is 0.900. The second kappa shape index (κ2) is 3.51. The van der Waals surface area contributed by atoms with Crippen LogP contribution in [-0.2, 0) is 14.3 Å². The molecular formula is C10H17NO3. The Morgan fingerprint density at radius 2 is 2.36 bits per heavy atom. The Morgan fingerprint density at radius 3 is 2.93 bits per heavy atom. The molecule has 2 N–H and O–H groups in total. The van der Waals surface area contributed by atoms with Gasteiger partial charge in [0, 0.05) is 12.6 Å². The average Bonchev–Trinajstić information content (AvgIpc) is 2.74. The fourth-order valence-corrected chi connectivity index (χ4v) is 2.69. The van der Waals surface area contributed by atoms with Gasteiger partial charge in [-0.2, -0.15) is 0 Å². The Morgan fingerprint density at radius 1 is 1.57 bits per heavy atom. The zero-order valence-electron chi connectivity index (χ0n) is 8.49. The highest BCUT2D eigenvalue weighted by Crippen LogP contribution is 2.43. The summed E-state index contributed by atoms with van der Waals surface area (Å²) in [5, 5.41) is 0. The standard InChI is InChI=1S/C10H17NO3/c1-13-9(12)7-5-10(6-8(7)11)3-2-4-14-10/h7-8H,2-6,11H2,1H3. The molecule has 0 amide bonds. The summed E-state index contributed by atoms with van der Waals surface area (Å²) in [5.74, 6) is -0.358. The van der Waals surface area contributed by atoms with E-state index in [2.05, 4.69) is 0 Å². The molecule has 3 unspecified atom stereocenters. The van der Waals surface area contributed by atoms with E-state index in [1.165, 1.54) is 7.11 Å². The van der Waals surface area contributed by atoms with E-state index >= 15 is 0 Å². The van der Waals surface area contributed by atoms with Crippen LogP contribution in [-0.4, -0.2) is 31.3 Å². The molecule has 2 fully saturated rings. The molecule has 1 aliphatic carbocycles. The summed E-state index contributed by atoms with van der Waals surface area (Å²) >= 11 is 0. The van der Waals surface area contributed by atoms with Gasteiger partial charge < -0.3 is 15.2 Å². The van der Waals surface area contributed by atoms with Crippen LogP contribution in [0.15, 0.2) is 0 Å². The third kappa shape index (κ3) is 1.53. The number of nitrogens with two attached hydrogens (primary N) is 1. The first-order valence-electron chi connectivity index (χ1n) is 5.14. The van der Waals surface area contributed by atoms with Crippen LogP contribution in [0.25, 0.3) is 0 Å². The summed E-state index contributed by atoms with van der Waals surface area (Å²) in [6.45, 7) is 0.806. The summed E-state index contributed by atoms with van der Waals surface area (Å²) in [5.41, 5.74) is 5.82. The minimum absolute atomic E-state index is 0.0967. The second-order valence-corrected chi connectivity index (χ2v) is 4.34. The normalized spacial score (nSPS) is 41.9. The minimum atomic E-state index is -0.190. The van der Waals surface area contributed by atoms with Crippen LogP contribution in [0, 0.1) is 5.92 Å². The maximum atomic E-state index is 11.4. The third-order valence-electron chi connectivity index (χ3n) is 3.41. The van der Waals surface area contributed by atoms with E-state index < -0.39 is 0 Å². The van der Waals surface area contributed by atoms with E-state index in [1.54, 1.807) is 0 Å². The van der Waals surface area contributed by atoms with Crippen LogP contribution >= 0.6 is 0 Å². The number of hydrogen-bond donors (Lipinski definition) is 1.